The minimum Gasteiger partial charge on any atom is -0.337 e. The first kappa shape index (κ1) is 15.4. The van der Waals surface area contributed by atoms with Crippen LogP contribution in [0.25, 0.3) is 0 Å². The molecule has 1 aromatic carbocycles. The number of likely N-dealkylation sites (tertiary alicyclic amines) is 1. The van der Waals surface area contributed by atoms with Gasteiger partial charge in [-0.3, -0.25) is 9.48 Å². The number of amides is 1. The van der Waals surface area contributed by atoms with Crippen LogP contribution in [0.2, 0.25) is 0 Å². The number of aryl methyl sites for hydroxylation is 1. The van der Waals surface area contributed by atoms with Crippen molar-refractivity contribution in [3.63, 3.8) is 0 Å². The maximum atomic E-state index is 12.5. The third kappa shape index (κ3) is 2.73. The summed E-state index contributed by atoms with van der Waals surface area (Å²) in [6.07, 6.45) is 4.50. The van der Waals surface area contributed by atoms with Crippen LogP contribution in [0.4, 0.5) is 0 Å². The molecule has 1 aromatic heterocycles. The minimum absolute atomic E-state index is 0.237. The molecule has 1 fully saturated rings. The van der Waals surface area contributed by atoms with Gasteiger partial charge in [0.05, 0.1) is 6.20 Å². The molecule has 5 nitrogen and oxygen atoms in total. The Morgan fingerprint density at radius 3 is 2.54 bits per heavy atom. The molecule has 0 radical (unpaired) electrons. The zero-order valence-electron chi connectivity index (χ0n) is 14.3. The number of rotatable bonds is 4. The van der Waals surface area contributed by atoms with Gasteiger partial charge >= 0.3 is 0 Å². The first-order chi connectivity index (χ1) is 11.6. The number of hydrogen-bond acceptors (Lipinski definition) is 3. The van der Waals surface area contributed by atoms with Gasteiger partial charge in [-0.05, 0) is 30.9 Å². The zero-order chi connectivity index (χ0) is 16.7. The van der Waals surface area contributed by atoms with Gasteiger partial charge in [0.25, 0.3) is 0 Å². The average Bonchev–Trinajstić information content (AvgIpc) is 3.24. The van der Waals surface area contributed by atoms with Gasteiger partial charge in [-0.15, -0.1) is 0 Å². The van der Waals surface area contributed by atoms with E-state index in [-0.39, 0.29) is 11.9 Å². The van der Waals surface area contributed by atoms with E-state index < -0.39 is 0 Å². The number of nitrogens with one attached hydrogen (secondary N) is 1. The van der Waals surface area contributed by atoms with Gasteiger partial charge in [-0.1, -0.05) is 24.3 Å². The van der Waals surface area contributed by atoms with Gasteiger partial charge in [-0.25, -0.2) is 0 Å². The molecular formula is C19H24N4O. The van der Waals surface area contributed by atoms with E-state index in [0.29, 0.717) is 12.5 Å². The molecule has 1 aliphatic heterocycles. The predicted molar refractivity (Wildman–Crippen MR) is 92.5 cm³/mol. The number of carbonyl (C=O) groups is 1. The van der Waals surface area contributed by atoms with E-state index in [0.717, 1.165) is 25.9 Å². The van der Waals surface area contributed by atoms with Crippen LogP contribution in [0.15, 0.2) is 30.5 Å². The Bertz CT molecular complexity index is 741. The summed E-state index contributed by atoms with van der Waals surface area (Å²) < 4.78 is 1.89. The molecular weight excluding hydrogens is 300 g/mol. The molecule has 0 saturated carbocycles. The van der Waals surface area contributed by atoms with Crippen molar-refractivity contribution < 1.29 is 4.79 Å². The summed E-state index contributed by atoms with van der Waals surface area (Å²) in [5, 5.41) is 7.82. The summed E-state index contributed by atoms with van der Waals surface area (Å²) in [5.74, 6) is 0.285. The second-order valence-electron chi connectivity index (χ2n) is 7.04. The molecule has 0 bridgehead atoms. The quantitative estimate of drug-likeness (QED) is 0.929. The highest BCUT2D eigenvalue weighted by atomic mass is 16.2. The molecule has 5 heteroatoms. The lowest BCUT2D eigenvalue weighted by Crippen LogP contribution is -2.39. The molecule has 1 aliphatic carbocycles. The molecule has 4 rings (SSSR count). The lowest BCUT2D eigenvalue weighted by molar-refractivity contribution is -0.129. The van der Waals surface area contributed by atoms with E-state index in [1.807, 2.05) is 17.9 Å². The summed E-state index contributed by atoms with van der Waals surface area (Å²) in [5.41, 5.74) is 5.18. The molecule has 126 valence electrons. The summed E-state index contributed by atoms with van der Waals surface area (Å²) in [7, 11) is 1.96. The third-order valence-corrected chi connectivity index (χ3v) is 5.55. The second kappa shape index (κ2) is 6.06. The van der Waals surface area contributed by atoms with Gasteiger partial charge in [0.1, 0.15) is 0 Å². The molecule has 0 spiro atoms. The van der Waals surface area contributed by atoms with Crippen LogP contribution in [0, 0.1) is 6.92 Å². The van der Waals surface area contributed by atoms with Gasteiger partial charge in [0.2, 0.25) is 5.91 Å². The van der Waals surface area contributed by atoms with Crippen molar-refractivity contribution in [3.8, 4) is 0 Å². The van der Waals surface area contributed by atoms with Crippen molar-refractivity contribution in [1.29, 1.82) is 0 Å². The number of aromatic nitrogens is 2. The van der Waals surface area contributed by atoms with Crippen LogP contribution in [0.5, 0.6) is 0 Å². The number of fused-ring (bicyclic) bond motifs is 1. The van der Waals surface area contributed by atoms with Gasteiger partial charge < -0.3 is 10.2 Å². The number of benzene rings is 1. The average molecular weight is 324 g/mol. The molecule has 1 atom stereocenters. The Labute approximate surface area is 142 Å². The van der Waals surface area contributed by atoms with Crippen molar-refractivity contribution >= 4 is 5.91 Å². The van der Waals surface area contributed by atoms with Gasteiger partial charge in [0, 0.05) is 49.9 Å². The lowest BCUT2D eigenvalue weighted by Gasteiger charge is -2.24. The van der Waals surface area contributed by atoms with Crippen LogP contribution >= 0.6 is 0 Å². The second-order valence-corrected chi connectivity index (χ2v) is 7.04. The highest BCUT2D eigenvalue weighted by molar-refractivity contribution is 5.79. The Morgan fingerprint density at radius 2 is 1.92 bits per heavy atom. The minimum atomic E-state index is 0.237. The molecule has 1 saturated heterocycles. The highest BCUT2D eigenvalue weighted by Gasteiger charge is 2.36. The largest absolute Gasteiger partial charge is 0.337 e. The Morgan fingerprint density at radius 1 is 1.21 bits per heavy atom. The normalized spacial score (nSPS) is 20.8. The fourth-order valence-electron chi connectivity index (χ4n) is 3.95. The zero-order valence-corrected chi connectivity index (χ0v) is 14.3. The SMILES string of the molecule is Cc1c(CN[C@H]2CC(=O)N(C3Cc4ccccc4C3)C2)cnn1C. The predicted octanol–water partition coefficient (Wildman–Crippen LogP) is 1.59. The van der Waals surface area contributed by atoms with E-state index >= 15 is 0 Å². The molecule has 1 N–H and O–H groups in total. The maximum absolute atomic E-state index is 12.5. The van der Waals surface area contributed by atoms with Crippen molar-refractivity contribution in [2.24, 2.45) is 7.05 Å². The Balaban J connectivity index is 1.37. The van der Waals surface area contributed by atoms with Gasteiger partial charge in [-0.2, -0.15) is 5.10 Å². The molecule has 24 heavy (non-hydrogen) atoms. The summed E-state index contributed by atoms with van der Waals surface area (Å²) >= 11 is 0. The lowest BCUT2D eigenvalue weighted by atomic mass is 10.1. The Kier molecular flexibility index (Phi) is 3.88. The van der Waals surface area contributed by atoms with E-state index in [2.05, 4.69) is 46.5 Å². The maximum Gasteiger partial charge on any atom is 0.224 e. The van der Waals surface area contributed by atoms with Crippen molar-refractivity contribution in [2.75, 3.05) is 6.54 Å². The summed E-state index contributed by atoms with van der Waals surface area (Å²) in [6, 6.07) is 9.14. The molecule has 2 aromatic rings. The van der Waals surface area contributed by atoms with Crippen LogP contribution in [0.1, 0.15) is 28.8 Å². The van der Waals surface area contributed by atoms with E-state index in [4.69, 9.17) is 0 Å². The van der Waals surface area contributed by atoms with Crippen LogP contribution < -0.4 is 5.32 Å². The molecule has 2 heterocycles. The third-order valence-electron chi connectivity index (χ3n) is 5.55. The molecule has 2 aliphatic rings. The van der Waals surface area contributed by atoms with Crippen LogP contribution in [-0.2, 0) is 31.2 Å². The number of carbonyl (C=O) groups excluding carboxylic acids is 1. The topological polar surface area (TPSA) is 50.2 Å². The standard InChI is InChI=1S/C19H24N4O/c1-13-16(11-21-22(13)2)10-20-17-9-19(24)23(12-17)18-7-14-5-3-4-6-15(14)8-18/h3-6,11,17-18,20H,7-10,12H2,1-2H3/t17-/m0/s1. The summed E-state index contributed by atoms with van der Waals surface area (Å²) in [4.78, 5) is 14.6. The fraction of sp³-hybridized carbons (Fsp3) is 0.474. The number of nitrogens with zero attached hydrogens (tertiary/aromatic N) is 3. The van der Waals surface area contributed by atoms with Crippen LogP contribution in [-0.4, -0.2) is 39.2 Å². The van der Waals surface area contributed by atoms with E-state index in [1.54, 1.807) is 0 Å². The number of hydrogen-bond donors (Lipinski definition) is 1. The van der Waals surface area contributed by atoms with E-state index in [1.165, 1.54) is 22.4 Å². The first-order valence-corrected chi connectivity index (χ1v) is 8.69. The molecule has 0 unspecified atom stereocenters. The van der Waals surface area contributed by atoms with E-state index in [9.17, 15) is 4.79 Å². The monoisotopic (exact) mass is 324 g/mol. The van der Waals surface area contributed by atoms with Crippen molar-refractivity contribution in [3.05, 3.63) is 52.8 Å². The van der Waals surface area contributed by atoms with Crippen molar-refractivity contribution in [1.82, 2.24) is 20.0 Å². The van der Waals surface area contributed by atoms with Crippen LogP contribution in [0.3, 0.4) is 0 Å². The summed E-state index contributed by atoms with van der Waals surface area (Å²) in [6.45, 7) is 3.67. The smallest absolute Gasteiger partial charge is 0.224 e. The highest BCUT2D eigenvalue weighted by Crippen LogP contribution is 2.28. The van der Waals surface area contributed by atoms with Crippen molar-refractivity contribution in [2.45, 2.75) is 44.8 Å². The fourth-order valence-corrected chi connectivity index (χ4v) is 3.95. The van der Waals surface area contributed by atoms with Gasteiger partial charge in [0.15, 0.2) is 0 Å². The molecule has 1 amide bonds. The first-order valence-electron chi connectivity index (χ1n) is 8.69. The Hall–Kier alpha value is -2.14.